The third-order valence-corrected chi connectivity index (χ3v) is 3.53. The summed E-state index contributed by atoms with van der Waals surface area (Å²) in [5, 5.41) is 38.7. The first-order valence-corrected chi connectivity index (χ1v) is 7.15. The molecule has 1 fully saturated rings. The molecule has 2 heterocycles. The third-order valence-electron chi connectivity index (χ3n) is 3.53. The molecule has 2 rings (SSSR count). The zero-order chi connectivity index (χ0) is 17.1. The van der Waals surface area contributed by atoms with Crippen molar-refractivity contribution in [2.75, 3.05) is 6.61 Å². The number of ether oxygens (including phenoxy) is 2. The van der Waals surface area contributed by atoms with Crippen molar-refractivity contribution in [1.82, 2.24) is 10.4 Å². The highest BCUT2D eigenvalue weighted by Gasteiger charge is 2.47. The highest BCUT2D eigenvalue weighted by molar-refractivity contribution is 5.92. The Hall–Kier alpha value is -1.72. The number of rotatable bonds is 4. The fourth-order valence-corrected chi connectivity index (χ4v) is 2.19. The Morgan fingerprint density at radius 1 is 1.43 bits per heavy atom. The molecule has 0 spiro atoms. The second kappa shape index (κ2) is 7.23. The van der Waals surface area contributed by atoms with Gasteiger partial charge < -0.3 is 29.7 Å². The van der Waals surface area contributed by atoms with Crippen molar-refractivity contribution in [3.8, 4) is 0 Å². The van der Waals surface area contributed by atoms with Gasteiger partial charge in [-0.2, -0.15) is 0 Å². The topological polar surface area (TPSA) is 144 Å². The van der Waals surface area contributed by atoms with Crippen LogP contribution in [0.3, 0.4) is 0 Å². The summed E-state index contributed by atoms with van der Waals surface area (Å²) < 4.78 is 10.5. The summed E-state index contributed by atoms with van der Waals surface area (Å²) in [5.74, 6) is -0.732. The summed E-state index contributed by atoms with van der Waals surface area (Å²) >= 11 is 0. The molecule has 0 amide bonds. The van der Waals surface area contributed by atoms with Gasteiger partial charge in [0.1, 0.15) is 24.9 Å². The number of carbonyl (C=O) groups excluding carboxylic acids is 1. The van der Waals surface area contributed by atoms with Crippen molar-refractivity contribution in [3.05, 3.63) is 12.3 Å². The van der Waals surface area contributed by atoms with E-state index in [2.05, 4.69) is 4.99 Å². The van der Waals surface area contributed by atoms with E-state index in [-0.39, 0.29) is 18.4 Å². The van der Waals surface area contributed by atoms with Crippen LogP contribution < -0.4 is 5.48 Å². The van der Waals surface area contributed by atoms with Gasteiger partial charge in [-0.15, -0.1) is 0 Å². The molecule has 1 saturated heterocycles. The van der Waals surface area contributed by atoms with Gasteiger partial charge in [0.2, 0.25) is 6.35 Å². The Bertz CT molecular complexity index is 496. The van der Waals surface area contributed by atoms with Gasteiger partial charge in [0, 0.05) is 6.20 Å². The first-order chi connectivity index (χ1) is 10.8. The van der Waals surface area contributed by atoms with E-state index in [1.165, 1.54) is 17.2 Å². The Morgan fingerprint density at radius 2 is 2.13 bits per heavy atom. The van der Waals surface area contributed by atoms with Crippen molar-refractivity contribution in [2.45, 2.75) is 44.7 Å². The van der Waals surface area contributed by atoms with Crippen LogP contribution >= 0.6 is 0 Å². The van der Waals surface area contributed by atoms with E-state index in [1.54, 1.807) is 19.3 Å². The lowest BCUT2D eigenvalue weighted by atomic mass is 10.1. The van der Waals surface area contributed by atoms with Crippen molar-refractivity contribution in [1.29, 1.82) is 0 Å². The molecule has 2 aliphatic rings. The van der Waals surface area contributed by atoms with Gasteiger partial charge in [0.25, 0.3) is 0 Å². The second-order valence-electron chi connectivity index (χ2n) is 5.57. The summed E-state index contributed by atoms with van der Waals surface area (Å²) in [6.45, 7) is 3.13. The van der Waals surface area contributed by atoms with Gasteiger partial charge in [-0.25, -0.2) is 4.99 Å². The third kappa shape index (κ3) is 3.79. The highest BCUT2D eigenvalue weighted by atomic mass is 16.6. The number of nitrogens with zero attached hydrogens (tertiary/aromatic N) is 2. The molecular formula is C13H21N3O7. The number of aliphatic hydroxyl groups excluding tert-OH is 3. The number of hydrogen-bond donors (Lipinski definition) is 5. The SMILES string of the molecule is CC(C)C(=O)OC[C@H]1O[C@@H](N2C=CC(NO)=NC2O)[C@H](O)[C@@H]1O. The lowest BCUT2D eigenvalue weighted by Crippen LogP contribution is -2.47. The molecule has 10 heteroatoms. The van der Waals surface area contributed by atoms with E-state index in [4.69, 9.17) is 14.7 Å². The van der Waals surface area contributed by atoms with Gasteiger partial charge in [-0.05, 0) is 6.08 Å². The van der Waals surface area contributed by atoms with Gasteiger partial charge in [-0.3, -0.25) is 15.5 Å². The van der Waals surface area contributed by atoms with E-state index in [9.17, 15) is 20.1 Å². The number of aliphatic imine (C=N–C) groups is 1. The van der Waals surface area contributed by atoms with Gasteiger partial charge in [-0.1, -0.05) is 13.8 Å². The van der Waals surface area contributed by atoms with Crippen molar-refractivity contribution in [2.24, 2.45) is 10.9 Å². The molecule has 5 atom stereocenters. The summed E-state index contributed by atoms with van der Waals surface area (Å²) in [5.41, 5.74) is 1.78. The van der Waals surface area contributed by atoms with Crippen LogP contribution in [-0.2, 0) is 14.3 Å². The molecule has 5 N–H and O–H groups in total. The number of carbonyl (C=O) groups is 1. The van der Waals surface area contributed by atoms with Crippen LogP contribution in [0.4, 0.5) is 0 Å². The van der Waals surface area contributed by atoms with Crippen molar-refractivity contribution < 1.29 is 34.8 Å². The van der Waals surface area contributed by atoms with Gasteiger partial charge >= 0.3 is 5.97 Å². The van der Waals surface area contributed by atoms with Crippen LogP contribution in [0.2, 0.25) is 0 Å². The maximum absolute atomic E-state index is 11.5. The average Bonchev–Trinajstić information content (AvgIpc) is 2.80. The Kier molecular flexibility index (Phi) is 5.55. The number of amidine groups is 1. The van der Waals surface area contributed by atoms with Crippen LogP contribution in [0.25, 0.3) is 0 Å². The van der Waals surface area contributed by atoms with E-state index >= 15 is 0 Å². The van der Waals surface area contributed by atoms with Crippen molar-refractivity contribution >= 4 is 11.8 Å². The maximum Gasteiger partial charge on any atom is 0.308 e. The van der Waals surface area contributed by atoms with E-state index in [1.807, 2.05) is 0 Å². The predicted molar refractivity (Wildman–Crippen MR) is 75.8 cm³/mol. The molecule has 0 aromatic rings. The van der Waals surface area contributed by atoms with Crippen LogP contribution in [0.1, 0.15) is 13.8 Å². The number of hydroxylamine groups is 1. The van der Waals surface area contributed by atoms with E-state index < -0.39 is 36.9 Å². The minimum atomic E-state index is -1.42. The normalized spacial score (nSPS) is 33.8. The minimum absolute atomic E-state index is 0.0317. The van der Waals surface area contributed by atoms with Crippen LogP contribution in [-0.4, -0.2) is 74.7 Å². The molecule has 23 heavy (non-hydrogen) atoms. The lowest BCUT2D eigenvalue weighted by molar-refractivity contribution is -0.158. The molecule has 0 bridgehead atoms. The molecule has 130 valence electrons. The molecule has 0 aromatic heterocycles. The molecule has 2 aliphatic heterocycles. The van der Waals surface area contributed by atoms with Gasteiger partial charge in [0.15, 0.2) is 12.1 Å². The number of hydrogen-bond acceptors (Lipinski definition) is 10. The molecule has 0 aliphatic carbocycles. The zero-order valence-electron chi connectivity index (χ0n) is 12.7. The van der Waals surface area contributed by atoms with Crippen LogP contribution in [0.15, 0.2) is 17.3 Å². The molecular weight excluding hydrogens is 310 g/mol. The van der Waals surface area contributed by atoms with E-state index in [0.717, 1.165) is 0 Å². The van der Waals surface area contributed by atoms with Crippen LogP contribution in [0.5, 0.6) is 0 Å². The summed E-state index contributed by atoms with van der Waals surface area (Å²) in [7, 11) is 0. The predicted octanol–water partition coefficient (Wildman–Crippen LogP) is -1.89. The molecule has 0 aromatic carbocycles. The summed E-state index contributed by atoms with van der Waals surface area (Å²) in [4.78, 5) is 16.3. The van der Waals surface area contributed by atoms with E-state index in [0.29, 0.717) is 0 Å². The zero-order valence-corrected chi connectivity index (χ0v) is 12.7. The largest absolute Gasteiger partial charge is 0.463 e. The molecule has 0 radical (unpaired) electrons. The second-order valence-corrected chi connectivity index (χ2v) is 5.57. The number of nitrogens with one attached hydrogen (secondary N) is 1. The summed E-state index contributed by atoms with van der Waals surface area (Å²) in [6, 6.07) is 0. The number of aliphatic hydroxyl groups is 3. The summed E-state index contributed by atoms with van der Waals surface area (Å²) in [6.07, 6.45) is -3.36. The molecule has 1 unspecified atom stereocenters. The standard InChI is InChI=1S/C13H21N3O7/c1-6(2)12(19)22-5-7-9(17)10(18)11(23-7)16-4-3-8(15-21)14-13(16)20/h3-4,6-7,9-11,13,17-18,20-21H,5H2,1-2H3,(H,14,15)/t7-,9-,10-,11-,13?/m1/s1. The molecule has 0 saturated carbocycles. The Balaban J connectivity index is 1.99. The lowest BCUT2D eigenvalue weighted by Gasteiger charge is -2.33. The number of esters is 1. The average molecular weight is 331 g/mol. The Labute approximate surface area is 132 Å². The Morgan fingerprint density at radius 3 is 2.70 bits per heavy atom. The first-order valence-electron chi connectivity index (χ1n) is 7.15. The molecule has 10 nitrogen and oxygen atoms in total. The monoisotopic (exact) mass is 331 g/mol. The smallest absolute Gasteiger partial charge is 0.308 e. The minimum Gasteiger partial charge on any atom is -0.463 e. The quantitative estimate of drug-likeness (QED) is 0.295. The first kappa shape index (κ1) is 17.6. The fraction of sp³-hybridized carbons (Fsp3) is 0.692. The fourth-order valence-electron chi connectivity index (χ4n) is 2.19. The maximum atomic E-state index is 11.5. The van der Waals surface area contributed by atoms with Crippen molar-refractivity contribution in [3.63, 3.8) is 0 Å². The van der Waals surface area contributed by atoms with Crippen LogP contribution in [0, 0.1) is 5.92 Å². The highest BCUT2D eigenvalue weighted by Crippen LogP contribution is 2.27. The van der Waals surface area contributed by atoms with Gasteiger partial charge in [0.05, 0.1) is 5.92 Å².